The van der Waals surface area contributed by atoms with Gasteiger partial charge < -0.3 is 28.5 Å². The Balaban J connectivity index is 5.13. The van der Waals surface area contributed by atoms with Gasteiger partial charge in [-0.3, -0.25) is 14.2 Å². The number of phosphoric ester groups is 1. The number of carbonyl (C=O) groups is 2. The van der Waals surface area contributed by atoms with Gasteiger partial charge >= 0.3 is 5.97 Å². The molecule has 0 fully saturated rings. The van der Waals surface area contributed by atoms with Crippen LogP contribution < -0.4 is 10.2 Å². The number of nitrogens with zero attached hydrogens (tertiary/aromatic N) is 1. The third-order valence-corrected chi connectivity index (χ3v) is 16.2. The number of carbonyl (C=O) groups excluding carboxylic acids is 2. The van der Waals surface area contributed by atoms with Crippen molar-refractivity contribution in [3.63, 3.8) is 0 Å². The zero-order chi connectivity index (χ0) is 61.4. The van der Waals surface area contributed by atoms with Gasteiger partial charge in [0.1, 0.15) is 19.3 Å². The molecule has 0 spiro atoms. The minimum Gasteiger partial charge on any atom is -0.756 e. The largest absolute Gasteiger partial charge is 0.756 e. The van der Waals surface area contributed by atoms with Crippen molar-refractivity contribution in [2.24, 2.45) is 0 Å². The van der Waals surface area contributed by atoms with E-state index in [0.29, 0.717) is 23.9 Å². The summed E-state index contributed by atoms with van der Waals surface area (Å²) in [7, 11) is 1.17. The van der Waals surface area contributed by atoms with Gasteiger partial charge in [0, 0.05) is 12.8 Å². The maximum atomic E-state index is 13.6. The second kappa shape index (κ2) is 63.0. The van der Waals surface area contributed by atoms with Gasteiger partial charge in [0.25, 0.3) is 7.82 Å². The van der Waals surface area contributed by atoms with Gasteiger partial charge in [-0.2, -0.15) is 0 Å². The number of hydrogen-bond donors (Lipinski definition) is 1. The summed E-state index contributed by atoms with van der Waals surface area (Å²) < 4.78 is 30.4. The summed E-state index contributed by atoms with van der Waals surface area (Å²) in [5.41, 5.74) is 0. The molecule has 0 aromatic carbocycles. The van der Waals surface area contributed by atoms with E-state index < -0.39 is 26.6 Å². The van der Waals surface area contributed by atoms with E-state index in [2.05, 4.69) is 111 Å². The summed E-state index contributed by atoms with van der Waals surface area (Å²) in [5, 5.41) is 3.03. The molecule has 84 heavy (non-hydrogen) atoms. The van der Waals surface area contributed by atoms with E-state index in [4.69, 9.17) is 13.8 Å². The molecule has 486 valence electrons. The standard InChI is InChI=1S/C74H133N2O7P/c1-7-10-13-16-19-22-25-28-30-32-34-36-37-38-39-41-43-45-47-49-52-55-58-61-64-67-74(78)83-72(65-62-59-56-53-50-27-24-21-18-15-12-9-3)71(70-82-84(79,80)81-69-68-76(4,5)6)75-73(77)66-63-60-57-54-51-48-46-44-42-40-35-33-31-29-26-23-20-17-14-11-8-2/h19-20,22-23,28-31,34-36,40,44,46,62,65,71-72H,7-18,21,24-27,32-33,37-39,41-43,45,47-61,63-64,66-70H2,1-6H3,(H-,75,77,79,80)/b22-19-,23-20-,30-28-,31-29-,36-34-,40-35-,46-44-,65-62+. The zero-order valence-electron chi connectivity index (χ0n) is 55.6. The van der Waals surface area contributed by atoms with Crippen molar-refractivity contribution in [1.82, 2.24) is 5.32 Å². The first-order chi connectivity index (χ1) is 40.9. The fraction of sp³-hybridized carbons (Fsp3) is 0.757. The summed E-state index contributed by atoms with van der Waals surface area (Å²) in [6, 6.07) is -0.905. The highest BCUT2D eigenvalue weighted by atomic mass is 31.2. The molecular formula is C74H133N2O7P. The van der Waals surface area contributed by atoms with E-state index in [0.717, 1.165) is 103 Å². The van der Waals surface area contributed by atoms with E-state index in [1.807, 2.05) is 33.3 Å². The monoisotopic (exact) mass is 1190 g/mol. The van der Waals surface area contributed by atoms with Gasteiger partial charge in [-0.25, -0.2) is 0 Å². The van der Waals surface area contributed by atoms with Crippen molar-refractivity contribution in [3.05, 3.63) is 97.2 Å². The number of esters is 1. The number of amides is 1. The van der Waals surface area contributed by atoms with Crippen LogP contribution in [0.3, 0.4) is 0 Å². The molecule has 0 aromatic rings. The average Bonchev–Trinajstić information content (AvgIpc) is 3.64. The molecule has 1 amide bonds. The third-order valence-electron chi connectivity index (χ3n) is 15.2. The normalized spacial score (nSPS) is 14.1. The Bertz CT molecular complexity index is 1760. The summed E-state index contributed by atoms with van der Waals surface area (Å²) in [5.74, 6) is -0.561. The summed E-state index contributed by atoms with van der Waals surface area (Å²) in [4.78, 5) is 40.2. The molecule has 0 saturated carbocycles. The molecule has 0 aromatic heterocycles. The summed E-state index contributed by atoms with van der Waals surface area (Å²) in [6.07, 6.45) is 85.2. The molecule has 0 heterocycles. The molecule has 0 saturated heterocycles. The van der Waals surface area contributed by atoms with Crippen LogP contribution in [0, 0.1) is 0 Å². The zero-order valence-corrected chi connectivity index (χ0v) is 56.5. The molecule has 0 rings (SSSR count). The fourth-order valence-corrected chi connectivity index (χ4v) is 10.5. The molecule has 3 atom stereocenters. The molecular weight excluding hydrogens is 1060 g/mol. The van der Waals surface area contributed by atoms with Crippen molar-refractivity contribution >= 4 is 19.7 Å². The maximum absolute atomic E-state index is 13.6. The van der Waals surface area contributed by atoms with Crippen LogP contribution in [-0.2, 0) is 27.9 Å². The molecule has 0 bridgehead atoms. The Labute approximate surface area is 519 Å². The molecule has 0 radical (unpaired) electrons. The molecule has 0 aliphatic heterocycles. The number of quaternary nitrogens is 1. The van der Waals surface area contributed by atoms with E-state index >= 15 is 0 Å². The van der Waals surface area contributed by atoms with Crippen LogP contribution in [0.5, 0.6) is 0 Å². The Morgan fingerprint density at radius 2 is 0.726 bits per heavy atom. The van der Waals surface area contributed by atoms with Crippen molar-refractivity contribution in [1.29, 1.82) is 0 Å². The number of allylic oxidation sites excluding steroid dienone is 15. The molecule has 0 aliphatic rings. The highest BCUT2D eigenvalue weighted by Gasteiger charge is 2.27. The van der Waals surface area contributed by atoms with Gasteiger partial charge in [-0.1, -0.05) is 279 Å². The number of rotatable bonds is 63. The first kappa shape index (κ1) is 80.9. The summed E-state index contributed by atoms with van der Waals surface area (Å²) in [6.45, 7) is 6.79. The molecule has 3 unspecified atom stereocenters. The molecule has 9 nitrogen and oxygen atoms in total. The van der Waals surface area contributed by atoms with E-state index in [1.54, 1.807) is 0 Å². The van der Waals surface area contributed by atoms with Crippen LogP contribution >= 0.6 is 7.82 Å². The highest BCUT2D eigenvalue weighted by molar-refractivity contribution is 7.45. The maximum Gasteiger partial charge on any atom is 0.306 e. The Morgan fingerprint density at radius 3 is 1.11 bits per heavy atom. The van der Waals surface area contributed by atoms with E-state index in [-0.39, 0.29) is 24.9 Å². The van der Waals surface area contributed by atoms with Crippen molar-refractivity contribution in [2.75, 3.05) is 40.9 Å². The first-order valence-corrected chi connectivity index (χ1v) is 36.5. The van der Waals surface area contributed by atoms with Gasteiger partial charge in [-0.05, 0) is 115 Å². The molecule has 10 heteroatoms. The SMILES string of the molecule is CCCCC/C=C\C/C=C\C/C=C\C/C=C\CCCCCCCC(=O)NC(COP(=O)([O-])OCC[N+](C)(C)C)C(/C=C/CCCCCCCCCCCC)OC(=O)CCCCCCCCCCCCCC/C=C\C/C=C\C/C=C\CCCCC. The van der Waals surface area contributed by atoms with Crippen LogP contribution in [-0.4, -0.2) is 69.4 Å². The Morgan fingerprint density at radius 1 is 0.417 bits per heavy atom. The lowest BCUT2D eigenvalue weighted by Gasteiger charge is -2.30. The molecule has 1 N–H and O–H groups in total. The Hall–Kier alpha value is -3.07. The van der Waals surface area contributed by atoms with Crippen LogP contribution in [0.15, 0.2) is 97.2 Å². The smallest absolute Gasteiger partial charge is 0.306 e. The van der Waals surface area contributed by atoms with E-state index in [9.17, 15) is 19.0 Å². The minimum atomic E-state index is -4.71. The Kier molecular flexibility index (Phi) is 60.7. The number of ether oxygens (including phenoxy) is 1. The van der Waals surface area contributed by atoms with Crippen LogP contribution in [0.25, 0.3) is 0 Å². The predicted molar refractivity (Wildman–Crippen MR) is 362 cm³/mol. The van der Waals surface area contributed by atoms with Crippen LogP contribution in [0.1, 0.15) is 310 Å². The lowest BCUT2D eigenvalue weighted by molar-refractivity contribution is -0.870. The number of hydrogen-bond acceptors (Lipinski definition) is 7. The number of unbranched alkanes of at least 4 members (excludes halogenated alkanes) is 33. The fourth-order valence-electron chi connectivity index (χ4n) is 9.81. The highest BCUT2D eigenvalue weighted by Crippen LogP contribution is 2.38. The van der Waals surface area contributed by atoms with Gasteiger partial charge in [0.05, 0.1) is 33.8 Å². The minimum absolute atomic E-state index is 0.0302. The lowest BCUT2D eigenvalue weighted by atomic mass is 10.0. The number of phosphoric acid groups is 1. The van der Waals surface area contributed by atoms with Crippen molar-refractivity contribution < 1.29 is 37.3 Å². The number of nitrogens with one attached hydrogen (secondary N) is 1. The second-order valence-electron chi connectivity index (χ2n) is 24.7. The quantitative estimate of drug-likeness (QED) is 0.0212. The van der Waals surface area contributed by atoms with Gasteiger partial charge in [0.15, 0.2) is 0 Å². The lowest BCUT2D eigenvalue weighted by Crippen LogP contribution is -2.47. The third kappa shape index (κ3) is 63.4. The summed E-state index contributed by atoms with van der Waals surface area (Å²) >= 11 is 0. The van der Waals surface area contributed by atoms with E-state index in [1.165, 1.54) is 167 Å². The predicted octanol–water partition coefficient (Wildman–Crippen LogP) is 21.7. The second-order valence-corrected chi connectivity index (χ2v) is 26.1. The topological polar surface area (TPSA) is 114 Å². The van der Waals surface area contributed by atoms with Crippen LogP contribution in [0.4, 0.5) is 0 Å². The van der Waals surface area contributed by atoms with Gasteiger partial charge in [0.2, 0.25) is 5.91 Å². The van der Waals surface area contributed by atoms with Crippen molar-refractivity contribution in [3.8, 4) is 0 Å². The number of likely N-dealkylation sites (N-methyl/N-ethyl adjacent to an activating group) is 1. The van der Waals surface area contributed by atoms with Gasteiger partial charge in [-0.15, -0.1) is 0 Å². The van der Waals surface area contributed by atoms with Crippen LogP contribution in [0.2, 0.25) is 0 Å². The molecule has 0 aliphatic carbocycles. The first-order valence-electron chi connectivity index (χ1n) is 35.0. The van der Waals surface area contributed by atoms with Crippen molar-refractivity contribution in [2.45, 2.75) is 322 Å². The average molecular weight is 1190 g/mol.